The van der Waals surface area contributed by atoms with Crippen molar-refractivity contribution < 1.29 is 9.53 Å². The summed E-state index contributed by atoms with van der Waals surface area (Å²) in [6, 6.07) is 1.83. The van der Waals surface area contributed by atoms with Gasteiger partial charge in [-0.1, -0.05) is 12.8 Å². The number of rotatable bonds is 2. The van der Waals surface area contributed by atoms with Crippen molar-refractivity contribution in [1.82, 2.24) is 14.5 Å². The molecule has 0 aromatic carbocycles. The minimum absolute atomic E-state index is 0.0228. The van der Waals surface area contributed by atoms with E-state index in [2.05, 4.69) is 4.98 Å². The predicted octanol–water partition coefficient (Wildman–Crippen LogP) is 1.03. The maximum atomic E-state index is 12.6. The number of carbonyl (C=O) groups excluding carboxylic acids is 1. The standard InChI is InChI=1S/C16H23N3O3/c1-12-9-13(2)19(15(21)17-12)10-14(20)18-7-8-22-16(11-18)5-3-4-6-16/h9H,3-8,10-11H2,1-2H3. The second kappa shape index (κ2) is 5.83. The van der Waals surface area contributed by atoms with Gasteiger partial charge in [0.05, 0.1) is 12.2 Å². The Hall–Kier alpha value is -1.69. The van der Waals surface area contributed by atoms with Crippen LogP contribution in [0.5, 0.6) is 0 Å². The maximum absolute atomic E-state index is 12.6. The van der Waals surface area contributed by atoms with Crippen molar-refractivity contribution in [3.05, 3.63) is 27.9 Å². The van der Waals surface area contributed by atoms with Crippen LogP contribution in [-0.4, -0.2) is 45.7 Å². The molecule has 6 nitrogen and oxygen atoms in total. The van der Waals surface area contributed by atoms with E-state index < -0.39 is 0 Å². The zero-order valence-corrected chi connectivity index (χ0v) is 13.3. The molecule has 1 aliphatic heterocycles. The maximum Gasteiger partial charge on any atom is 0.348 e. The SMILES string of the molecule is Cc1cc(C)n(CC(=O)N2CCOC3(CCCC3)C2)c(=O)n1. The zero-order valence-electron chi connectivity index (χ0n) is 13.3. The smallest absolute Gasteiger partial charge is 0.348 e. The van der Waals surface area contributed by atoms with Gasteiger partial charge in [0, 0.05) is 24.5 Å². The molecule has 0 atom stereocenters. The van der Waals surface area contributed by atoms with Crippen molar-refractivity contribution in [3.8, 4) is 0 Å². The van der Waals surface area contributed by atoms with Crippen LogP contribution in [0.3, 0.4) is 0 Å². The Morgan fingerprint density at radius 2 is 2.09 bits per heavy atom. The molecule has 1 spiro atoms. The zero-order chi connectivity index (χ0) is 15.7. The number of hydrogen-bond donors (Lipinski definition) is 0. The molecule has 0 unspecified atom stereocenters. The van der Waals surface area contributed by atoms with E-state index in [4.69, 9.17) is 4.74 Å². The molecule has 2 heterocycles. The summed E-state index contributed by atoms with van der Waals surface area (Å²) in [6.45, 7) is 5.53. The van der Waals surface area contributed by atoms with Crippen molar-refractivity contribution in [3.63, 3.8) is 0 Å². The fraction of sp³-hybridized carbons (Fsp3) is 0.688. The normalized spacial score (nSPS) is 20.5. The molecule has 0 radical (unpaired) electrons. The van der Waals surface area contributed by atoms with Gasteiger partial charge in [-0.25, -0.2) is 4.79 Å². The molecule has 0 bridgehead atoms. The van der Waals surface area contributed by atoms with Crippen molar-refractivity contribution in [2.45, 2.75) is 51.7 Å². The van der Waals surface area contributed by atoms with Crippen LogP contribution >= 0.6 is 0 Å². The van der Waals surface area contributed by atoms with Crippen LogP contribution in [0.25, 0.3) is 0 Å². The minimum atomic E-state index is -0.352. The summed E-state index contributed by atoms with van der Waals surface area (Å²) >= 11 is 0. The summed E-state index contributed by atoms with van der Waals surface area (Å²) in [5, 5.41) is 0. The van der Waals surface area contributed by atoms with Gasteiger partial charge in [-0.15, -0.1) is 0 Å². The number of nitrogens with zero attached hydrogens (tertiary/aromatic N) is 3. The highest BCUT2D eigenvalue weighted by atomic mass is 16.5. The fourth-order valence-electron chi connectivity index (χ4n) is 3.58. The molecule has 2 fully saturated rings. The molecule has 1 saturated heterocycles. The Labute approximate surface area is 130 Å². The Kier molecular flexibility index (Phi) is 4.04. The Balaban J connectivity index is 1.73. The first-order chi connectivity index (χ1) is 10.5. The van der Waals surface area contributed by atoms with Gasteiger partial charge in [-0.3, -0.25) is 9.36 Å². The van der Waals surface area contributed by atoms with E-state index in [-0.39, 0.29) is 23.7 Å². The van der Waals surface area contributed by atoms with Gasteiger partial charge in [-0.2, -0.15) is 4.98 Å². The van der Waals surface area contributed by atoms with Crippen LogP contribution in [0, 0.1) is 13.8 Å². The molecule has 0 N–H and O–H groups in total. The number of morpholine rings is 1. The van der Waals surface area contributed by atoms with Crippen molar-refractivity contribution in [2.75, 3.05) is 19.7 Å². The summed E-state index contributed by atoms with van der Waals surface area (Å²) in [5.74, 6) is -0.0228. The molecular formula is C16H23N3O3. The third-order valence-electron chi connectivity index (χ3n) is 4.76. The molecule has 1 aliphatic carbocycles. The predicted molar refractivity (Wildman–Crippen MR) is 81.7 cm³/mol. The first-order valence-electron chi connectivity index (χ1n) is 7.96. The molecule has 120 valence electrons. The summed E-state index contributed by atoms with van der Waals surface area (Å²) in [5.41, 5.74) is 0.964. The number of amides is 1. The van der Waals surface area contributed by atoms with E-state index >= 15 is 0 Å². The third-order valence-corrected chi connectivity index (χ3v) is 4.76. The summed E-state index contributed by atoms with van der Waals surface area (Å²) in [4.78, 5) is 30.3. The van der Waals surface area contributed by atoms with Crippen molar-refractivity contribution in [2.24, 2.45) is 0 Å². The van der Waals surface area contributed by atoms with Gasteiger partial charge in [0.25, 0.3) is 0 Å². The van der Waals surface area contributed by atoms with Crippen molar-refractivity contribution >= 4 is 5.91 Å². The molecule has 3 rings (SSSR count). The molecule has 6 heteroatoms. The van der Waals surface area contributed by atoms with E-state index in [1.807, 2.05) is 17.9 Å². The van der Waals surface area contributed by atoms with Crippen LogP contribution in [-0.2, 0) is 16.1 Å². The van der Waals surface area contributed by atoms with Gasteiger partial charge in [0.2, 0.25) is 5.91 Å². The van der Waals surface area contributed by atoms with Gasteiger partial charge >= 0.3 is 5.69 Å². The van der Waals surface area contributed by atoms with Crippen LogP contribution < -0.4 is 5.69 Å². The first-order valence-corrected chi connectivity index (χ1v) is 7.96. The van der Waals surface area contributed by atoms with Crippen molar-refractivity contribution in [1.29, 1.82) is 0 Å². The Bertz CT molecular complexity index is 632. The lowest BCUT2D eigenvalue weighted by molar-refractivity contribution is -0.150. The van der Waals surface area contributed by atoms with E-state index in [1.54, 1.807) is 6.92 Å². The van der Waals surface area contributed by atoms with Gasteiger partial charge in [0.1, 0.15) is 6.54 Å². The topological polar surface area (TPSA) is 64.4 Å². The van der Waals surface area contributed by atoms with Gasteiger partial charge < -0.3 is 9.64 Å². The Morgan fingerprint density at radius 3 is 2.77 bits per heavy atom. The number of aromatic nitrogens is 2. The van der Waals surface area contributed by atoms with E-state index in [9.17, 15) is 9.59 Å². The lowest BCUT2D eigenvalue weighted by Crippen LogP contribution is -2.53. The average Bonchev–Trinajstić information content (AvgIpc) is 2.90. The summed E-state index contributed by atoms with van der Waals surface area (Å²) in [6.07, 6.45) is 4.40. The molecule has 1 saturated carbocycles. The lowest BCUT2D eigenvalue weighted by Gasteiger charge is -2.40. The van der Waals surface area contributed by atoms with Crippen LogP contribution in [0.4, 0.5) is 0 Å². The largest absolute Gasteiger partial charge is 0.371 e. The summed E-state index contributed by atoms with van der Waals surface area (Å²) < 4.78 is 7.40. The number of aryl methyl sites for hydroxylation is 2. The third kappa shape index (κ3) is 2.92. The number of carbonyl (C=O) groups is 1. The van der Waals surface area contributed by atoms with Crippen LogP contribution in [0.15, 0.2) is 10.9 Å². The highest BCUT2D eigenvalue weighted by Gasteiger charge is 2.40. The molecule has 1 aromatic heterocycles. The molecular weight excluding hydrogens is 282 g/mol. The first kappa shape index (κ1) is 15.2. The van der Waals surface area contributed by atoms with E-state index in [0.29, 0.717) is 25.4 Å². The molecule has 22 heavy (non-hydrogen) atoms. The number of hydrogen-bond acceptors (Lipinski definition) is 4. The van der Waals surface area contributed by atoms with Crippen LogP contribution in [0.2, 0.25) is 0 Å². The quantitative estimate of drug-likeness (QED) is 0.819. The summed E-state index contributed by atoms with van der Waals surface area (Å²) in [7, 11) is 0. The highest BCUT2D eigenvalue weighted by Crippen LogP contribution is 2.35. The second-order valence-corrected chi connectivity index (χ2v) is 6.46. The minimum Gasteiger partial charge on any atom is -0.371 e. The molecule has 2 aliphatic rings. The molecule has 1 aromatic rings. The lowest BCUT2D eigenvalue weighted by atomic mass is 10.00. The van der Waals surface area contributed by atoms with E-state index in [1.165, 1.54) is 17.4 Å². The monoisotopic (exact) mass is 305 g/mol. The second-order valence-electron chi connectivity index (χ2n) is 6.46. The molecule has 1 amide bonds. The fourth-order valence-corrected chi connectivity index (χ4v) is 3.58. The highest BCUT2D eigenvalue weighted by molar-refractivity contribution is 5.76. The van der Waals surface area contributed by atoms with E-state index in [0.717, 1.165) is 18.5 Å². The van der Waals surface area contributed by atoms with Gasteiger partial charge in [0.15, 0.2) is 0 Å². The van der Waals surface area contributed by atoms with Crippen LogP contribution in [0.1, 0.15) is 37.1 Å². The number of ether oxygens (including phenoxy) is 1. The van der Waals surface area contributed by atoms with Gasteiger partial charge in [-0.05, 0) is 32.8 Å². The Morgan fingerprint density at radius 1 is 1.36 bits per heavy atom. The average molecular weight is 305 g/mol.